The monoisotopic (exact) mass is 327 g/mol. The van der Waals surface area contributed by atoms with Gasteiger partial charge in [-0.15, -0.1) is 0 Å². The van der Waals surface area contributed by atoms with E-state index in [4.69, 9.17) is 0 Å². The number of carbonyl (C=O) groups excluding carboxylic acids is 2. The minimum Gasteiger partial charge on any atom is -0.344 e. The van der Waals surface area contributed by atoms with E-state index < -0.39 is 0 Å². The Bertz CT molecular complexity index is 625. The summed E-state index contributed by atoms with van der Waals surface area (Å²) in [7, 11) is 0. The summed E-state index contributed by atoms with van der Waals surface area (Å²) in [5.41, 5.74) is 1.36. The quantitative estimate of drug-likeness (QED) is 0.876. The van der Waals surface area contributed by atoms with Gasteiger partial charge in [0.1, 0.15) is 6.04 Å². The first-order valence-corrected chi connectivity index (χ1v) is 9.02. The first-order valence-electron chi connectivity index (χ1n) is 9.02. The van der Waals surface area contributed by atoms with Crippen LogP contribution in [0.15, 0.2) is 30.3 Å². The number of nitrogens with zero attached hydrogens (tertiary/aromatic N) is 1. The maximum Gasteiger partial charge on any atom is 0.245 e. The van der Waals surface area contributed by atoms with Crippen LogP contribution in [0.2, 0.25) is 0 Å². The van der Waals surface area contributed by atoms with Crippen molar-refractivity contribution in [2.75, 3.05) is 19.6 Å². The fourth-order valence-electron chi connectivity index (χ4n) is 4.30. The molecule has 2 heterocycles. The van der Waals surface area contributed by atoms with Crippen LogP contribution in [0.1, 0.15) is 31.2 Å². The molecule has 2 atom stereocenters. The molecular weight excluding hydrogens is 302 g/mol. The summed E-state index contributed by atoms with van der Waals surface area (Å²) in [4.78, 5) is 27.0. The van der Waals surface area contributed by atoms with E-state index >= 15 is 0 Å². The van der Waals surface area contributed by atoms with E-state index in [1.807, 2.05) is 35.2 Å². The molecule has 128 valence electrons. The van der Waals surface area contributed by atoms with E-state index in [1.54, 1.807) is 0 Å². The van der Waals surface area contributed by atoms with E-state index in [9.17, 15) is 9.59 Å². The number of piperidine rings is 1. The molecule has 2 saturated heterocycles. The van der Waals surface area contributed by atoms with Crippen LogP contribution in [0, 0.1) is 11.3 Å². The Hall–Kier alpha value is -1.88. The fraction of sp³-hybridized carbons (Fsp3) is 0.579. The second-order valence-electron chi connectivity index (χ2n) is 7.46. The molecule has 1 spiro atoms. The molecule has 4 rings (SSSR count). The summed E-state index contributed by atoms with van der Waals surface area (Å²) in [5.74, 6) is 0.277. The molecule has 1 aromatic carbocycles. The molecule has 0 bridgehead atoms. The Morgan fingerprint density at radius 3 is 2.75 bits per heavy atom. The first kappa shape index (κ1) is 15.6. The molecule has 24 heavy (non-hydrogen) atoms. The minimum absolute atomic E-state index is 0.0622. The van der Waals surface area contributed by atoms with Crippen LogP contribution in [0.5, 0.6) is 0 Å². The van der Waals surface area contributed by atoms with Crippen LogP contribution in [-0.4, -0.2) is 42.4 Å². The smallest absolute Gasteiger partial charge is 0.245 e. The van der Waals surface area contributed by atoms with E-state index in [-0.39, 0.29) is 29.2 Å². The third kappa shape index (κ3) is 2.93. The zero-order valence-electron chi connectivity index (χ0n) is 14.0. The number of rotatable bonds is 4. The molecule has 2 unspecified atom stereocenters. The standard InChI is InChI=1S/C19H25N3O2/c23-17(15-12-19(15)7-9-20-10-8-19)21-16-6-11-22(18(16)24)13-14-4-2-1-3-5-14/h1-5,15-16,20H,6-13H2,(H,21,23). The highest BCUT2D eigenvalue weighted by molar-refractivity contribution is 5.91. The molecule has 1 aliphatic carbocycles. The third-order valence-electron chi connectivity index (χ3n) is 5.94. The average molecular weight is 327 g/mol. The van der Waals surface area contributed by atoms with Crippen LogP contribution >= 0.6 is 0 Å². The van der Waals surface area contributed by atoms with Crippen molar-refractivity contribution in [3.05, 3.63) is 35.9 Å². The maximum atomic E-state index is 12.6. The summed E-state index contributed by atoms with van der Waals surface area (Å²) in [6.45, 7) is 3.37. The van der Waals surface area contributed by atoms with E-state index in [2.05, 4.69) is 10.6 Å². The predicted molar refractivity (Wildman–Crippen MR) is 91.1 cm³/mol. The molecular formula is C19H25N3O2. The van der Waals surface area contributed by atoms with Gasteiger partial charge in [0, 0.05) is 19.0 Å². The number of nitrogens with one attached hydrogen (secondary N) is 2. The Labute approximate surface area is 142 Å². The van der Waals surface area contributed by atoms with Gasteiger partial charge in [-0.05, 0) is 49.8 Å². The first-order chi connectivity index (χ1) is 11.7. The van der Waals surface area contributed by atoms with Gasteiger partial charge in [-0.2, -0.15) is 0 Å². The molecule has 5 nitrogen and oxygen atoms in total. The van der Waals surface area contributed by atoms with E-state index in [0.717, 1.165) is 50.9 Å². The number of hydrogen-bond acceptors (Lipinski definition) is 3. The second kappa shape index (κ2) is 6.20. The summed E-state index contributed by atoms with van der Waals surface area (Å²) in [6, 6.07) is 9.68. The number of amides is 2. The Balaban J connectivity index is 1.31. The molecule has 5 heteroatoms. The van der Waals surface area contributed by atoms with Gasteiger partial charge in [0.2, 0.25) is 11.8 Å². The number of likely N-dealkylation sites (tertiary alicyclic amines) is 1. The van der Waals surface area contributed by atoms with Crippen LogP contribution < -0.4 is 10.6 Å². The summed E-state index contributed by atoms with van der Waals surface area (Å²) in [6.07, 6.45) is 3.89. The van der Waals surface area contributed by atoms with Crippen molar-refractivity contribution in [1.29, 1.82) is 0 Å². The van der Waals surface area contributed by atoms with Gasteiger partial charge in [0.25, 0.3) is 0 Å². The molecule has 2 aliphatic heterocycles. The van der Waals surface area contributed by atoms with Crippen molar-refractivity contribution in [1.82, 2.24) is 15.5 Å². The Morgan fingerprint density at radius 1 is 1.25 bits per heavy atom. The van der Waals surface area contributed by atoms with Crippen LogP contribution in [0.3, 0.4) is 0 Å². The lowest BCUT2D eigenvalue weighted by atomic mass is 9.91. The fourth-order valence-corrected chi connectivity index (χ4v) is 4.30. The van der Waals surface area contributed by atoms with Crippen LogP contribution in [-0.2, 0) is 16.1 Å². The van der Waals surface area contributed by atoms with Gasteiger partial charge < -0.3 is 15.5 Å². The van der Waals surface area contributed by atoms with Gasteiger partial charge in [-0.3, -0.25) is 9.59 Å². The lowest BCUT2D eigenvalue weighted by molar-refractivity contribution is -0.133. The van der Waals surface area contributed by atoms with Crippen molar-refractivity contribution in [3.8, 4) is 0 Å². The molecule has 3 fully saturated rings. The molecule has 3 aliphatic rings. The van der Waals surface area contributed by atoms with Crippen molar-refractivity contribution in [3.63, 3.8) is 0 Å². The zero-order valence-corrected chi connectivity index (χ0v) is 14.0. The largest absolute Gasteiger partial charge is 0.344 e. The van der Waals surface area contributed by atoms with Gasteiger partial charge in [0.15, 0.2) is 0 Å². The van der Waals surface area contributed by atoms with E-state index in [0.29, 0.717) is 6.54 Å². The van der Waals surface area contributed by atoms with Crippen molar-refractivity contribution >= 4 is 11.8 Å². The van der Waals surface area contributed by atoms with Crippen molar-refractivity contribution < 1.29 is 9.59 Å². The Kier molecular flexibility index (Phi) is 4.04. The van der Waals surface area contributed by atoms with Gasteiger partial charge in [-0.25, -0.2) is 0 Å². The van der Waals surface area contributed by atoms with Crippen molar-refractivity contribution in [2.45, 2.75) is 38.3 Å². The molecule has 0 radical (unpaired) electrons. The average Bonchev–Trinajstić information content (AvgIpc) is 3.20. The highest BCUT2D eigenvalue weighted by atomic mass is 16.2. The van der Waals surface area contributed by atoms with Crippen molar-refractivity contribution in [2.24, 2.45) is 11.3 Å². The maximum absolute atomic E-state index is 12.6. The number of hydrogen-bond donors (Lipinski definition) is 2. The molecule has 1 saturated carbocycles. The van der Waals surface area contributed by atoms with Gasteiger partial charge in [-0.1, -0.05) is 30.3 Å². The summed E-state index contributed by atoms with van der Waals surface area (Å²) >= 11 is 0. The normalized spacial score (nSPS) is 28.2. The second-order valence-corrected chi connectivity index (χ2v) is 7.46. The highest BCUT2D eigenvalue weighted by Crippen LogP contribution is 2.58. The van der Waals surface area contributed by atoms with Gasteiger partial charge in [0.05, 0.1) is 0 Å². The SMILES string of the molecule is O=C(NC1CCN(Cc2ccccc2)C1=O)C1CC12CCNCC2. The lowest BCUT2D eigenvalue weighted by Crippen LogP contribution is -2.43. The van der Waals surface area contributed by atoms with E-state index in [1.165, 1.54) is 0 Å². The Morgan fingerprint density at radius 2 is 2.00 bits per heavy atom. The summed E-state index contributed by atoms with van der Waals surface area (Å²) in [5, 5.41) is 6.38. The minimum atomic E-state index is -0.333. The topological polar surface area (TPSA) is 61.4 Å². The number of carbonyl (C=O) groups is 2. The highest BCUT2D eigenvalue weighted by Gasteiger charge is 2.58. The van der Waals surface area contributed by atoms with Crippen LogP contribution in [0.4, 0.5) is 0 Å². The molecule has 0 aromatic heterocycles. The number of benzene rings is 1. The molecule has 1 aromatic rings. The third-order valence-corrected chi connectivity index (χ3v) is 5.94. The van der Waals surface area contributed by atoms with Crippen LogP contribution in [0.25, 0.3) is 0 Å². The molecule has 2 N–H and O–H groups in total. The predicted octanol–water partition coefficient (Wildman–Crippen LogP) is 1.29. The molecule has 2 amide bonds. The lowest BCUT2D eigenvalue weighted by Gasteiger charge is -2.23. The zero-order chi connectivity index (χ0) is 16.6. The summed E-state index contributed by atoms with van der Waals surface area (Å²) < 4.78 is 0. The van der Waals surface area contributed by atoms with Gasteiger partial charge >= 0.3 is 0 Å².